The van der Waals surface area contributed by atoms with Gasteiger partial charge in [0.15, 0.2) is 16.9 Å². The van der Waals surface area contributed by atoms with Gasteiger partial charge in [0.05, 0.1) is 12.9 Å². The Labute approximate surface area is 246 Å². The fourth-order valence-electron chi connectivity index (χ4n) is 3.06. The molecule has 0 spiro atoms. The number of aromatic amines is 1. The van der Waals surface area contributed by atoms with Gasteiger partial charge in [-0.1, -0.05) is 18.7 Å². The van der Waals surface area contributed by atoms with E-state index in [1.54, 1.807) is 12.4 Å². The Hall–Kier alpha value is -0.500. The molecule has 0 radical (unpaired) electrons. The Bertz CT molecular complexity index is 1270. The third-order valence-corrected chi connectivity index (χ3v) is 6.64. The van der Waals surface area contributed by atoms with Gasteiger partial charge in [-0.2, -0.15) is 4.98 Å². The summed E-state index contributed by atoms with van der Waals surface area (Å²) in [6.45, 7) is 0.349. The number of nitrogens with zero attached hydrogens (tertiary/aromatic N) is 5. The molecule has 4 heterocycles. The van der Waals surface area contributed by atoms with E-state index in [9.17, 15) is 29.0 Å². The van der Waals surface area contributed by atoms with Gasteiger partial charge in [-0.25, -0.2) is 13.9 Å². The first-order valence-corrected chi connectivity index (χ1v) is 12.1. The number of imidazole rings is 2. The Balaban J connectivity index is 0.000000826. The number of H-pyrrole nitrogens is 1. The van der Waals surface area contributed by atoms with Crippen LogP contribution >= 0.6 is 15.6 Å². The maximum atomic E-state index is 11.9. The molecule has 5 atom stereocenters. The standard InChI is InChI=1S/C11H17N5O11P2.C3H3N2.2Na/c1-11(16-3-13-5-8(16)14-10(12)15-9(5)19)7(18)6(17)4(26-11)2-25-29(23,24)27-28(20,21)22;1-2-5-3-4-1;;/h3-4,6-7,17-18H,2H2,1H3,(H,23,24)(H2,20,21,22)(H3,12,14,15,19);1-3H;;/q;-1;2*+1/p-1/t4-,6-,7-,11-;;;/m1.../s1. The smallest absolute Gasteiger partial charge is 0.756 e. The zero-order valence-corrected chi connectivity index (χ0v) is 24.9. The molecule has 1 unspecified atom stereocenters. The van der Waals surface area contributed by atoms with Crippen molar-refractivity contribution in [3.63, 3.8) is 0 Å². The molecule has 0 aromatic carbocycles. The van der Waals surface area contributed by atoms with E-state index in [1.165, 1.54) is 13.3 Å². The molecule has 0 aliphatic carbocycles. The van der Waals surface area contributed by atoms with Crippen LogP contribution in [0.1, 0.15) is 6.92 Å². The van der Waals surface area contributed by atoms with E-state index in [0.717, 1.165) is 10.9 Å². The van der Waals surface area contributed by atoms with Crippen molar-refractivity contribution in [3.05, 3.63) is 35.4 Å². The number of aliphatic hydroxyl groups excluding tert-OH is 2. The number of nitrogens with two attached hydrogens (primary N) is 1. The number of hydrogen-bond acceptors (Lipinski definition) is 13. The van der Waals surface area contributed by atoms with Gasteiger partial charge in [0.1, 0.15) is 18.3 Å². The van der Waals surface area contributed by atoms with Gasteiger partial charge >= 0.3 is 66.9 Å². The third kappa shape index (κ3) is 8.00. The summed E-state index contributed by atoms with van der Waals surface area (Å²) in [4.78, 5) is 57.7. The van der Waals surface area contributed by atoms with Crippen LogP contribution in [0.25, 0.3) is 11.2 Å². The second kappa shape index (κ2) is 13.0. The molecule has 0 bridgehead atoms. The quantitative estimate of drug-likeness (QED) is 0.119. The number of rotatable bonds is 6. The zero-order valence-electron chi connectivity index (χ0n) is 19.1. The van der Waals surface area contributed by atoms with Crippen LogP contribution < -0.4 is 80.3 Å². The van der Waals surface area contributed by atoms with Crippen LogP contribution in [0.4, 0.5) is 5.95 Å². The van der Waals surface area contributed by atoms with Crippen molar-refractivity contribution in [2.24, 2.45) is 0 Å². The van der Waals surface area contributed by atoms with Gasteiger partial charge < -0.3 is 49.9 Å². The molecule has 1 aliphatic rings. The topological polar surface area (TPSA) is 282 Å². The first-order chi connectivity index (χ1) is 15.7. The summed E-state index contributed by atoms with van der Waals surface area (Å²) >= 11 is 0. The summed E-state index contributed by atoms with van der Waals surface area (Å²) in [6.07, 6.45) is 1.02. The average Bonchev–Trinajstić information content (AvgIpc) is 3.44. The summed E-state index contributed by atoms with van der Waals surface area (Å²) in [5, 5.41) is 20.7. The Morgan fingerprint density at radius 3 is 2.56 bits per heavy atom. The summed E-state index contributed by atoms with van der Waals surface area (Å²) in [7, 11) is -10.8. The van der Waals surface area contributed by atoms with E-state index in [1.807, 2.05) is 0 Å². The van der Waals surface area contributed by atoms with E-state index < -0.39 is 51.8 Å². The molecule has 22 heteroatoms. The first-order valence-electron chi connectivity index (χ1n) is 9.10. The van der Waals surface area contributed by atoms with Crippen molar-refractivity contribution in [1.82, 2.24) is 29.5 Å². The molecule has 3 aromatic rings. The van der Waals surface area contributed by atoms with Crippen molar-refractivity contribution in [2.45, 2.75) is 31.0 Å². The molecule has 0 saturated carbocycles. The molecule has 1 aliphatic heterocycles. The summed E-state index contributed by atoms with van der Waals surface area (Å²) in [5.41, 5.74) is 2.84. The van der Waals surface area contributed by atoms with Crippen LogP contribution in [0.5, 0.6) is 0 Å². The number of phosphoric acid groups is 2. The third-order valence-electron chi connectivity index (χ3n) is 4.52. The number of hydrogen-bond donors (Lipinski definition) is 6. The van der Waals surface area contributed by atoms with E-state index in [-0.39, 0.29) is 76.2 Å². The number of nitrogen functional groups attached to an aromatic ring is 1. The first kappa shape index (κ1) is 33.5. The number of ether oxygens (including phenoxy) is 1. The molecule has 4 rings (SSSR count). The number of anilines is 1. The molecule has 18 nitrogen and oxygen atoms in total. The molecule has 0 amide bonds. The molecule has 188 valence electrons. The van der Waals surface area contributed by atoms with Crippen molar-refractivity contribution >= 4 is 32.8 Å². The zero-order chi connectivity index (χ0) is 25.3. The van der Waals surface area contributed by atoms with Gasteiger partial charge in [0, 0.05) is 0 Å². The molecule has 7 N–H and O–H groups in total. The van der Waals surface area contributed by atoms with E-state index >= 15 is 0 Å². The Kier molecular flexibility index (Phi) is 12.1. The van der Waals surface area contributed by atoms with Crippen molar-refractivity contribution in [1.29, 1.82) is 0 Å². The van der Waals surface area contributed by atoms with Gasteiger partial charge in [0.25, 0.3) is 13.4 Å². The van der Waals surface area contributed by atoms with Crippen LogP contribution in [0.2, 0.25) is 0 Å². The summed E-state index contributed by atoms with van der Waals surface area (Å²) < 4.78 is 36.6. The number of fused-ring (bicyclic) bond motifs is 1. The van der Waals surface area contributed by atoms with E-state index in [0.29, 0.717) is 0 Å². The van der Waals surface area contributed by atoms with Crippen LogP contribution in [-0.4, -0.2) is 69.4 Å². The summed E-state index contributed by atoms with van der Waals surface area (Å²) in [6, 6.07) is 0. The van der Waals surface area contributed by atoms with E-state index in [2.05, 4.69) is 33.8 Å². The van der Waals surface area contributed by atoms with E-state index in [4.69, 9.17) is 20.3 Å². The van der Waals surface area contributed by atoms with Crippen molar-refractivity contribution in [3.8, 4) is 0 Å². The minimum absolute atomic E-state index is 0. The Morgan fingerprint density at radius 2 is 2.03 bits per heavy atom. The van der Waals surface area contributed by atoms with Gasteiger partial charge in [0.2, 0.25) is 5.95 Å². The minimum Gasteiger partial charge on any atom is -0.756 e. The van der Waals surface area contributed by atoms with Crippen LogP contribution in [0.3, 0.4) is 0 Å². The number of aliphatic hydroxyl groups is 2. The number of aromatic nitrogens is 6. The maximum Gasteiger partial charge on any atom is 1.00 e. The minimum atomic E-state index is -5.45. The van der Waals surface area contributed by atoms with Crippen molar-refractivity contribution < 1.29 is 107 Å². The second-order valence-corrected chi connectivity index (χ2v) is 9.70. The predicted molar refractivity (Wildman–Crippen MR) is 107 cm³/mol. The van der Waals surface area contributed by atoms with Gasteiger partial charge in [-0.3, -0.25) is 18.9 Å². The molecule has 3 aromatic heterocycles. The van der Waals surface area contributed by atoms with Crippen LogP contribution in [0.15, 0.2) is 29.8 Å². The van der Waals surface area contributed by atoms with Gasteiger partial charge in [-0.15, -0.1) is 0 Å². The molecular formula is C14H19N7Na2O11P2. The fraction of sp³-hybridized carbons (Fsp3) is 0.429. The van der Waals surface area contributed by atoms with Gasteiger partial charge in [-0.05, 0) is 6.92 Å². The summed E-state index contributed by atoms with van der Waals surface area (Å²) in [5.74, 6) is -0.248. The predicted octanol–water partition coefficient (Wildman–Crippen LogP) is -8.86. The molecule has 36 heavy (non-hydrogen) atoms. The van der Waals surface area contributed by atoms with Crippen LogP contribution in [0, 0.1) is 0 Å². The largest absolute Gasteiger partial charge is 1.00 e. The maximum absolute atomic E-state index is 11.9. The number of nitrogens with one attached hydrogen (secondary N) is 1. The normalized spacial score (nSPS) is 25.2. The molecule has 1 fully saturated rings. The fourth-order valence-corrected chi connectivity index (χ4v) is 4.62. The monoisotopic (exact) mass is 569 g/mol. The SMILES string of the molecule is C[C@@]1(n2cnc3c(=O)[nH]c(N)nc32)O[C@H](COP(=O)([O-])OP(=O)(O)O)[C@@H](O)[C@H]1O.[Na+].[Na+].c1c[n-]cn1. The Morgan fingerprint density at radius 1 is 1.36 bits per heavy atom. The average molecular weight is 569 g/mol. The van der Waals surface area contributed by atoms with Crippen LogP contribution in [-0.2, 0) is 28.4 Å². The molecule has 1 saturated heterocycles. The number of phosphoric ester groups is 1. The molecular weight excluding hydrogens is 550 g/mol. The second-order valence-electron chi connectivity index (χ2n) is 6.91. The van der Waals surface area contributed by atoms with Crippen molar-refractivity contribution in [2.75, 3.05) is 12.3 Å².